The predicted octanol–water partition coefficient (Wildman–Crippen LogP) is 6.91. The van der Waals surface area contributed by atoms with Crippen molar-refractivity contribution >= 4 is 17.8 Å². The van der Waals surface area contributed by atoms with Crippen molar-refractivity contribution < 1.29 is 23.5 Å². The Morgan fingerprint density at radius 3 is 2.37 bits per heavy atom. The minimum atomic E-state index is -1.02. The van der Waals surface area contributed by atoms with Crippen LogP contribution in [0.2, 0.25) is 0 Å². The number of carbonyl (C=O) groups is 3. The van der Waals surface area contributed by atoms with Crippen LogP contribution in [-0.2, 0) is 27.4 Å². The number of amides is 2. The SMILES string of the molecule is CC[C@@H](NC(=O)c1ccc(Cc2cc(C)n[nH]c2=O)c(C)c1)C(=O)N1[C@H](c2cccc(F)c2)CC[C@@H]1C(CC)(CC)C(=O)OCc1ccccc1. The quantitative estimate of drug-likeness (QED) is 0.147. The van der Waals surface area contributed by atoms with Crippen molar-refractivity contribution in [3.63, 3.8) is 0 Å². The van der Waals surface area contributed by atoms with Gasteiger partial charge in [0.25, 0.3) is 11.5 Å². The first-order valence-corrected chi connectivity index (χ1v) is 17.8. The zero-order chi connectivity index (χ0) is 36.7. The second kappa shape index (κ2) is 16.3. The molecule has 1 fully saturated rings. The predicted molar refractivity (Wildman–Crippen MR) is 193 cm³/mol. The Kier molecular flexibility index (Phi) is 11.8. The largest absolute Gasteiger partial charge is 0.460 e. The lowest BCUT2D eigenvalue weighted by atomic mass is 9.74. The summed E-state index contributed by atoms with van der Waals surface area (Å²) in [6.07, 6.45) is 2.58. The van der Waals surface area contributed by atoms with Gasteiger partial charge in [-0.1, -0.05) is 69.3 Å². The van der Waals surface area contributed by atoms with Crippen LogP contribution in [0, 0.1) is 25.1 Å². The average molecular weight is 695 g/mol. The summed E-state index contributed by atoms with van der Waals surface area (Å²) in [7, 11) is 0. The second-order valence-electron chi connectivity index (χ2n) is 13.5. The van der Waals surface area contributed by atoms with Gasteiger partial charge in [-0.25, -0.2) is 9.49 Å². The van der Waals surface area contributed by atoms with Gasteiger partial charge in [-0.05, 0) is 98.5 Å². The number of nitrogens with zero attached hydrogens (tertiary/aromatic N) is 2. The van der Waals surface area contributed by atoms with Crippen LogP contribution in [0.25, 0.3) is 0 Å². The van der Waals surface area contributed by atoms with E-state index in [0.717, 1.165) is 16.7 Å². The molecule has 1 aliphatic heterocycles. The molecule has 1 saturated heterocycles. The van der Waals surface area contributed by atoms with E-state index in [1.54, 1.807) is 42.2 Å². The summed E-state index contributed by atoms with van der Waals surface area (Å²) < 4.78 is 20.5. The first-order chi connectivity index (χ1) is 24.5. The van der Waals surface area contributed by atoms with E-state index in [4.69, 9.17) is 4.74 Å². The summed E-state index contributed by atoms with van der Waals surface area (Å²) >= 11 is 0. The molecule has 0 aliphatic carbocycles. The van der Waals surface area contributed by atoms with Crippen molar-refractivity contribution in [1.82, 2.24) is 20.4 Å². The van der Waals surface area contributed by atoms with Crippen LogP contribution in [0.4, 0.5) is 4.39 Å². The standard InChI is InChI=1S/C41H47FN4O5/c1-6-34(43-37(47)31-18-17-29(26(4)21-31)23-32-22-27(5)44-45-38(32)48)39(49)46-35(30-15-12-16-33(42)24-30)19-20-36(46)41(7-2,8-3)40(50)51-25-28-13-10-9-11-14-28/h9-18,21-22,24,34-36H,6-8,19-20,23,25H2,1-5H3,(H,43,47)(H,45,48)/t34-,35+,36-/m1/s1. The number of nitrogens with one attached hydrogen (secondary N) is 2. The van der Waals surface area contributed by atoms with E-state index in [9.17, 15) is 23.6 Å². The summed E-state index contributed by atoms with van der Waals surface area (Å²) in [5, 5.41) is 9.40. The van der Waals surface area contributed by atoms with Crippen LogP contribution in [0.15, 0.2) is 83.7 Å². The number of aromatic amines is 1. The maximum Gasteiger partial charge on any atom is 0.314 e. The second-order valence-corrected chi connectivity index (χ2v) is 13.5. The number of aromatic nitrogens is 2. The molecular weight excluding hydrogens is 647 g/mol. The number of H-pyrrole nitrogens is 1. The first-order valence-electron chi connectivity index (χ1n) is 17.8. The summed E-state index contributed by atoms with van der Waals surface area (Å²) in [4.78, 5) is 56.5. The van der Waals surface area contributed by atoms with Crippen molar-refractivity contribution in [1.29, 1.82) is 0 Å². The number of halogens is 1. The maximum absolute atomic E-state index is 14.7. The molecule has 1 aliphatic rings. The zero-order valence-electron chi connectivity index (χ0n) is 30.0. The monoisotopic (exact) mass is 694 g/mol. The highest BCUT2D eigenvalue weighted by atomic mass is 19.1. The molecule has 3 atom stereocenters. The van der Waals surface area contributed by atoms with Gasteiger partial charge in [-0.3, -0.25) is 19.2 Å². The van der Waals surface area contributed by atoms with Crippen LogP contribution in [0.3, 0.4) is 0 Å². The molecule has 5 rings (SSSR count). The smallest absolute Gasteiger partial charge is 0.314 e. The topological polar surface area (TPSA) is 121 Å². The zero-order valence-corrected chi connectivity index (χ0v) is 30.0. The molecule has 0 bridgehead atoms. The fourth-order valence-corrected chi connectivity index (χ4v) is 7.41. The molecule has 1 aromatic heterocycles. The third-order valence-electron chi connectivity index (χ3n) is 10.4. The van der Waals surface area contributed by atoms with Crippen LogP contribution >= 0.6 is 0 Å². The van der Waals surface area contributed by atoms with Gasteiger partial charge in [0.05, 0.1) is 17.2 Å². The lowest BCUT2D eigenvalue weighted by molar-refractivity contribution is -0.165. The van der Waals surface area contributed by atoms with E-state index in [2.05, 4.69) is 15.5 Å². The highest BCUT2D eigenvalue weighted by Crippen LogP contribution is 2.48. The van der Waals surface area contributed by atoms with Crippen molar-refractivity contribution in [2.24, 2.45) is 5.41 Å². The number of esters is 1. The number of rotatable bonds is 13. The maximum atomic E-state index is 14.7. The number of likely N-dealkylation sites (tertiary alicyclic amines) is 1. The number of hydrogen-bond acceptors (Lipinski definition) is 6. The van der Waals surface area contributed by atoms with Gasteiger partial charge in [0.1, 0.15) is 18.5 Å². The van der Waals surface area contributed by atoms with Gasteiger partial charge < -0.3 is 15.0 Å². The number of aryl methyl sites for hydroxylation is 2. The van der Waals surface area contributed by atoms with E-state index in [-0.39, 0.29) is 24.0 Å². The molecule has 0 unspecified atom stereocenters. The molecule has 4 aromatic rings. The molecule has 268 valence electrons. The molecule has 0 spiro atoms. The molecule has 0 saturated carbocycles. The Morgan fingerprint density at radius 2 is 1.71 bits per heavy atom. The number of ether oxygens (including phenoxy) is 1. The number of carbonyl (C=O) groups excluding carboxylic acids is 3. The Morgan fingerprint density at radius 1 is 0.961 bits per heavy atom. The fourth-order valence-electron chi connectivity index (χ4n) is 7.41. The van der Waals surface area contributed by atoms with Crippen LogP contribution in [0.1, 0.15) is 103 Å². The van der Waals surface area contributed by atoms with Crippen LogP contribution in [0.5, 0.6) is 0 Å². The van der Waals surface area contributed by atoms with Gasteiger partial charge in [0.2, 0.25) is 5.91 Å². The molecule has 2 N–H and O–H groups in total. The number of benzene rings is 3. The molecule has 0 radical (unpaired) electrons. The minimum absolute atomic E-state index is 0.111. The molecule has 3 aromatic carbocycles. The highest BCUT2D eigenvalue weighted by Gasteiger charge is 2.53. The average Bonchev–Trinajstić information content (AvgIpc) is 3.58. The van der Waals surface area contributed by atoms with Gasteiger partial charge >= 0.3 is 5.97 Å². The van der Waals surface area contributed by atoms with Gasteiger partial charge in [0.15, 0.2) is 0 Å². The van der Waals surface area contributed by atoms with Crippen molar-refractivity contribution in [3.8, 4) is 0 Å². The summed E-state index contributed by atoms with van der Waals surface area (Å²) in [5.74, 6) is -1.54. The Hall–Kier alpha value is -5.12. The molecule has 9 nitrogen and oxygen atoms in total. The first kappa shape index (κ1) is 37.1. The fraction of sp³-hybridized carbons (Fsp3) is 0.390. The molecule has 10 heteroatoms. The molecule has 51 heavy (non-hydrogen) atoms. The van der Waals surface area contributed by atoms with Crippen LogP contribution in [-0.4, -0.2) is 45.0 Å². The number of hydrogen-bond donors (Lipinski definition) is 2. The molecule has 2 heterocycles. The Labute approximate surface area is 298 Å². The minimum Gasteiger partial charge on any atom is -0.460 e. The van der Waals surface area contributed by atoms with Gasteiger partial charge in [0, 0.05) is 23.6 Å². The third kappa shape index (κ3) is 8.11. The summed E-state index contributed by atoms with van der Waals surface area (Å²) in [5.41, 5.74) is 3.59. The lowest BCUT2D eigenvalue weighted by Crippen LogP contribution is -2.56. The van der Waals surface area contributed by atoms with E-state index in [1.165, 1.54) is 12.1 Å². The van der Waals surface area contributed by atoms with Gasteiger partial charge in [-0.15, -0.1) is 0 Å². The van der Waals surface area contributed by atoms with E-state index >= 15 is 0 Å². The van der Waals surface area contributed by atoms with E-state index < -0.39 is 35.3 Å². The van der Waals surface area contributed by atoms with Crippen molar-refractivity contribution in [2.75, 3.05) is 0 Å². The Balaban J connectivity index is 1.42. The van der Waals surface area contributed by atoms with E-state index in [1.807, 2.05) is 64.1 Å². The normalized spacial score (nSPS) is 16.5. The summed E-state index contributed by atoms with van der Waals surface area (Å²) in [6, 6.07) is 20.7. The van der Waals surface area contributed by atoms with Crippen molar-refractivity contribution in [3.05, 3.63) is 134 Å². The van der Waals surface area contributed by atoms with Crippen LogP contribution < -0.4 is 10.9 Å². The molecule has 2 amide bonds. The highest BCUT2D eigenvalue weighted by molar-refractivity contribution is 5.98. The lowest BCUT2D eigenvalue weighted by Gasteiger charge is -2.43. The van der Waals surface area contributed by atoms with Crippen molar-refractivity contribution in [2.45, 2.75) is 97.9 Å². The van der Waals surface area contributed by atoms with Gasteiger partial charge in [-0.2, -0.15) is 5.10 Å². The van der Waals surface area contributed by atoms with E-state index in [0.29, 0.717) is 60.9 Å². The Bertz CT molecular complexity index is 1920. The molecular formula is C41H47FN4O5. The summed E-state index contributed by atoms with van der Waals surface area (Å²) in [6.45, 7) is 9.48. The third-order valence-corrected chi connectivity index (χ3v) is 10.4.